The van der Waals surface area contributed by atoms with Crippen LogP contribution < -0.4 is 5.73 Å². The molecular weight excluding hydrogens is 292 g/mol. The van der Waals surface area contributed by atoms with E-state index in [1.54, 1.807) is 30.3 Å². The molecule has 0 spiro atoms. The first kappa shape index (κ1) is 11.4. The van der Waals surface area contributed by atoms with Crippen molar-refractivity contribution in [3.05, 3.63) is 51.7 Å². The standard InChI is InChI=1S/C12H8BrClFN/c13-8-2-4-11(15)9(6-8)7-1-3-10(14)12(16)5-7/h1-6H,16H2. The van der Waals surface area contributed by atoms with Crippen LogP contribution in [0.1, 0.15) is 0 Å². The van der Waals surface area contributed by atoms with E-state index in [0.717, 1.165) is 4.47 Å². The molecule has 16 heavy (non-hydrogen) atoms. The molecule has 0 radical (unpaired) electrons. The lowest BCUT2D eigenvalue weighted by Gasteiger charge is -2.06. The van der Waals surface area contributed by atoms with Gasteiger partial charge in [0.25, 0.3) is 0 Å². The first-order valence-corrected chi connectivity index (χ1v) is 5.75. The highest BCUT2D eigenvalue weighted by molar-refractivity contribution is 9.10. The Kier molecular flexibility index (Phi) is 3.17. The van der Waals surface area contributed by atoms with Crippen LogP contribution in [0.25, 0.3) is 11.1 Å². The number of nitrogen functional groups attached to an aromatic ring is 1. The molecule has 2 rings (SSSR count). The molecule has 0 heterocycles. The molecule has 4 heteroatoms. The predicted molar refractivity (Wildman–Crippen MR) is 69.0 cm³/mol. The van der Waals surface area contributed by atoms with Crippen molar-refractivity contribution in [2.75, 3.05) is 5.73 Å². The van der Waals surface area contributed by atoms with Gasteiger partial charge in [-0.1, -0.05) is 33.6 Å². The lowest BCUT2D eigenvalue weighted by molar-refractivity contribution is 0.631. The third-order valence-corrected chi connectivity index (χ3v) is 3.07. The molecule has 2 N–H and O–H groups in total. The van der Waals surface area contributed by atoms with Gasteiger partial charge in [0.05, 0.1) is 10.7 Å². The highest BCUT2D eigenvalue weighted by Crippen LogP contribution is 2.30. The third-order valence-electron chi connectivity index (χ3n) is 2.24. The summed E-state index contributed by atoms with van der Waals surface area (Å²) < 4.78 is 14.4. The number of hydrogen-bond acceptors (Lipinski definition) is 1. The molecule has 0 aromatic heterocycles. The van der Waals surface area contributed by atoms with Gasteiger partial charge in [-0.2, -0.15) is 0 Å². The minimum absolute atomic E-state index is 0.287. The zero-order valence-corrected chi connectivity index (χ0v) is 10.5. The van der Waals surface area contributed by atoms with Crippen LogP contribution in [0.5, 0.6) is 0 Å². The van der Waals surface area contributed by atoms with Gasteiger partial charge in [-0.25, -0.2) is 4.39 Å². The Morgan fingerprint density at radius 1 is 1.12 bits per heavy atom. The topological polar surface area (TPSA) is 26.0 Å². The normalized spacial score (nSPS) is 10.4. The molecule has 0 aliphatic rings. The molecule has 0 unspecified atom stereocenters. The first-order chi connectivity index (χ1) is 7.58. The minimum atomic E-state index is -0.287. The summed E-state index contributed by atoms with van der Waals surface area (Å²) in [7, 11) is 0. The van der Waals surface area contributed by atoms with Gasteiger partial charge in [-0.15, -0.1) is 0 Å². The van der Waals surface area contributed by atoms with Gasteiger partial charge in [0, 0.05) is 10.0 Å². The predicted octanol–water partition coefficient (Wildman–Crippen LogP) is 4.49. The van der Waals surface area contributed by atoms with Crippen molar-refractivity contribution in [3.8, 4) is 11.1 Å². The van der Waals surface area contributed by atoms with Gasteiger partial charge in [-0.3, -0.25) is 0 Å². The van der Waals surface area contributed by atoms with Crippen LogP contribution in [-0.4, -0.2) is 0 Å². The Bertz CT molecular complexity index is 543. The Morgan fingerprint density at radius 3 is 2.56 bits per heavy atom. The van der Waals surface area contributed by atoms with Crippen LogP contribution in [0.3, 0.4) is 0 Å². The summed E-state index contributed by atoms with van der Waals surface area (Å²) in [6, 6.07) is 9.82. The molecule has 0 saturated carbocycles. The number of benzene rings is 2. The summed E-state index contributed by atoms with van der Waals surface area (Å²) in [6.07, 6.45) is 0. The van der Waals surface area contributed by atoms with Gasteiger partial charge in [0.2, 0.25) is 0 Å². The number of hydrogen-bond donors (Lipinski definition) is 1. The summed E-state index contributed by atoms with van der Waals surface area (Å²) in [6.45, 7) is 0. The second kappa shape index (κ2) is 4.44. The fraction of sp³-hybridized carbons (Fsp3) is 0. The van der Waals surface area contributed by atoms with Gasteiger partial charge in [0.15, 0.2) is 0 Å². The Morgan fingerprint density at radius 2 is 1.88 bits per heavy atom. The van der Waals surface area contributed by atoms with E-state index in [-0.39, 0.29) is 5.82 Å². The summed E-state index contributed by atoms with van der Waals surface area (Å²) in [5.74, 6) is -0.287. The number of halogens is 3. The maximum absolute atomic E-state index is 13.6. The van der Waals surface area contributed by atoms with Crippen LogP contribution in [0.2, 0.25) is 5.02 Å². The van der Waals surface area contributed by atoms with Crippen LogP contribution in [0.15, 0.2) is 40.9 Å². The highest BCUT2D eigenvalue weighted by Gasteiger charge is 2.07. The van der Waals surface area contributed by atoms with E-state index in [0.29, 0.717) is 21.8 Å². The van der Waals surface area contributed by atoms with Crippen LogP contribution in [0, 0.1) is 5.82 Å². The SMILES string of the molecule is Nc1cc(-c2cc(Br)ccc2F)ccc1Cl. The van der Waals surface area contributed by atoms with Crippen LogP contribution in [0.4, 0.5) is 10.1 Å². The first-order valence-electron chi connectivity index (χ1n) is 4.58. The summed E-state index contributed by atoms with van der Waals surface area (Å²) >= 11 is 9.11. The van der Waals surface area contributed by atoms with E-state index in [4.69, 9.17) is 17.3 Å². The van der Waals surface area contributed by atoms with Crippen molar-refractivity contribution in [1.82, 2.24) is 0 Å². The maximum atomic E-state index is 13.6. The Hall–Kier alpha value is -1.06. The largest absolute Gasteiger partial charge is 0.398 e. The Balaban J connectivity index is 2.58. The van der Waals surface area contributed by atoms with E-state index in [2.05, 4.69) is 15.9 Å². The quantitative estimate of drug-likeness (QED) is 0.772. The van der Waals surface area contributed by atoms with Crippen molar-refractivity contribution in [1.29, 1.82) is 0 Å². The van der Waals surface area contributed by atoms with E-state index in [9.17, 15) is 4.39 Å². The average Bonchev–Trinajstić information content (AvgIpc) is 2.26. The van der Waals surface area contributed by atoms with E-state index in [1.807, 2.05) is 0 Å². The highest BCUT2D eigenvalue weighted by atomic mass is 79.9. The van der Waals surface area contributed by atoms with Gasteiger partial charge < -0.3 is 5.73 Å². The van der Waals surface area contributed by atoms with Crippen LogP contribution >= 0.6 is 27.5 Å². The molecule has 0 aliphatic heterocycles. The fourth-order valence-corrected chi connectivity index (χ4v) is 1.91. The minimum Gasteiger partial charge on any atom is -0.398 e. The molecule has 0 saturated heterocycles. The number of anilines is 1. The molecule has 1 nitrogen and oxygen atoms in total. The zero-order valence-electron chi connectivity index (χ0n) is 8.18. The monoisotopic (exact) mass is 299 g/mol. The second-order valence-electron chi connectivity index (χ2n) is 3.36. The second-order valence-corrected chi connectivity index (χ2v) is 4.68. The van der Waals surface area contributed by atoms with Crippen molar-refractivity contribution < 1.29 is 4.39 Å². The lowest BCUT2D eigenvalue weighted by atomic mass is 10.0. The van der Waals surface area contributed by atoms with Crippen molar-refractivity contribution in [3.63, 3.8) is 0 Å². The summed E-state index contributed by atoms with van der Waals surface area (Å²) in [5, 5.41) is 0.471. The molecule has 2 aromatic carbocycles. The smallest absolute Gasteiger partial charge is 0.131 e. The molecule has 0 amide bonds. The van der Waals surface area contributed by atoms with E-state index < -0.39 is 0 Å². The zero-order chi connectivity index (χ0) is 11.7. The maximum Gasteiger partial charge on any atom is 0.131 e. The van der Waals surface area contributed by atoms with Crippen molar-refractivity contribution >= 4 is 33.2 Å². The number of rotatable bonds is 1. The third kappa shape index (κ3) is 2.20. The summed E-state index contributed by atoms with van der Waals surface area (Å²) in [4.78, 5) is 0. The molecule has 0 bridgehead atoms. The average molecular weight is 301 g/mol. The van der Waals surface area contributed by atoms with Crippen molar-refractivity contribution in [2.45, 2.75) is 0 Å². The molecule has 0 fully saturated rings. The molecule has 82 valence electrons. The number of nitrogens with two attached hydrogens (primary N) is 1. The van der Waals surface area contributed by atoms with Crippen molar-refractivity contribution in [2.24, 2.45) is 0 Å². The molecular formula is C12H8BrClFN. The van der Waals surface area contributed by atoms with Gasteiger partial charge >= 0.3 is 0 Å². The molecule has 0 atom stereocenters. The van der Waals surface area contributed by atoms with Crippen LogP contribution in [-0.2, 0) is 0 Å². The Labute approximate surface area is 106 Å². The fourth-order valence-electron chi connectivity index (χ4n) is 1.43. The molecule has 2 aromatic rings. The summed E-state index contributed by atoms with van der Waals surface area (Å²) in [5.41, 5.74) is 7.33. The lowest BCUT2D eigenvalue weighted by Crippen LogP contribution is -1.89. The van der Waals surface area contributed by atoms with E-state index in [1.165, 1.54) is 6.07 Å². The van der Waals surface area contributed by atoms with Gasteiger partial charge in [0.1, 0.15) is 5.82 Å². The van der Waals surface area contributed by atoms with E-state index >= 15 is 0 Å². The van der Waals surface area contributed by atoms with Gasteiger partial charge in [-0.05, 0) is 35.9 Å². The molecule has 0 aliphatic carbocycles.